The third kappa shape index (κ3) is 3.04. The molecule has 1 unspecified atom stereocenters. The van der Waals surface area contributed by atoms with Crippen LogP contribution in [0.3, 0.4) is 0 Å². The lowest BCUT2D eigenvalue weighted by Gasteiger charge is -2.30. The van der Waals surface area contributed by atoms with E-state index in [0.717, 1.165) is 19.6 Å². The van der Waals surface area contributed by atoms with Crippen LogP contribution in [-0.4, -0.2) is 40.4 Å². The van der Waals surface area contributed by atoms with E-state index in [-0.39, 0.29) is 0 Å². The lowest BCUT2D eigenvalue weighted by molar-refractivity contribution is 0.200. The highest BCUT2D eigenvalue weighted by Crippen LogP contribution is 2.07. The zero-order valence-electron chi connectivity index (χ0n) is 9.39. The zero-order chi connectivity index (χ0) is 10.7. The average molecular weight is 208 g/mol. The molecular formula is C11H20N4. The number of nitrogens with two attached hydrogens (primary N) is 1. The Labute approximate surface area is 91.1 Å². The second-order valence-corrected chi connectivity index (χ2v) is 4.48. The smallest absolute Gasteiger partial charge is 0.0536 e. The number of aryl methyl sites for hydroxylation is 1. The summed E-state index contributed by atoms with van der Waals surface area (Å²) in [6, 6.07) is 0.373. The van der Waals surface area contributed by atoms with Crippen molar-refractivity contribution < 1.29 is 0 Å². The molecular weight excluding hydrogens is 188 g/mol. The van der Waals surface area contributed by atoms with Crippen LogP contribution < -0.4 is 5.73 Å². The molecule has 4 heteroatoms. The molecule has 2 N–H and O–H groups in total. The lowest BCUT2D eigenvalue weighted by Crippen LogP contribution is -2.43. The van der Waals surface area contributed by atoms with Gasteiger partial charge in [-0.15, -0.1) is 0 Å². The number of hydrogen-bond donors (Lipinski definition) is 1. The molecule has 0 spiro atoms. The van der Waals surface area contributed by atoms with Crippen LogP contribution in [0.5, 0.6) is 0 Å². The van der Waals surface area contributed by atoms with Crippen molar-refractivity contribution in [3.05, 3.63) is 18.0 Å². The number of rotatable bonds is 3. The SMILES string of the molecule is Cc1cnn(CCN2CCCC(N)C2)c1. The molecule has 0 amide bonds. The Kier molecular flexibility index (Phi) is 3.38. The Hall–Kier alpha value is -0.870. The Bertz CT molecular complexity index is 307. The molecule has 0 aromatic carbocycles. The Balaban J connectivity index is 1.77. The quantitative estimate of drug-likeness (QED) is 0.792. The van der Waals surface area contributed by atoms with Crippen molar-refractivity contribution in [2.75, 3.05) is 19.6 Å². The maximum absolute atomic E-state index is 5.93. The first-order valence-corrected chi connectivity index (χ1v) is 5.71. The topological polar surface area (TPSA) is 47.1 Å². The van der Waals surface area contributed by atoms with E-state index in [1.165, 1.54) is 24.9 Å². The molecule has 0 bridgehead atoms. The van der Waals surface area contributed by atoms with Gasteiger partial charge in [-0.1, -0.05) is 0 Å². The standard InChI is InChI=1S/C11H20N4/c1-10-7-13-15(8-10)6-5-14-4-2-3-11(12)9-14/h7-8,11H,2-6,9,12H2,1H3. The van der Waals surface area contributed by atoms with E-state index in [4.69, 9.17) is 5.73 Å². The highest BCUT2D eigenvalue weighted by atomic mass is 15.3. The van der Waals surface area contributed by atoms with Gasteiger partial charge in [0.05, 0.1) is 12.7 Å². The van der Waals surface area contributed by atoms with Crippen molar-refractivity contribution in [1.82, 2.24) is 14.7 Å². The van der Waals surface area contributed by atoms with Crippen LogP contribution >= 0.6 is 0 Å². The summed E-state index contributed by atoms with van der Waals surface area (Å²) < 4.78 is 2.01. The number of likely N-dealkylation sites (tertiary alicyclic amines) is 1. The first-order valence-electron chi connectivity index (χ1n) is 5.71. The van der Waals surface area contributed by atoms with Gasteiger partial charge in [0.15, 0.2) is 0 Å². The van der Waals surface area contributed by atoms with Crippen LogP contribution in [0.2, 0.25) is 0 Å². The second-order valence-electron chi connectivity index (χ2n) is 4.48. The summed E-state index contributed by atoms with van der Waals surface area (Å²) in [5, 5.41) is 4.28. The third-order valence-corrected chi connectivity index (χ3v) is 2.95. The predicted molar refractivity (Wildman–Crippen MR) is 60.6 cm³/mol. The van der Waals surface area contributed by atoms with Crippen LogP contribution in [0.1, 0.15) is 18.4 Å². The van der Waals surface area contributed by atoms with Gasteiger partial charge >= 0.3 is 0 Å². The minimum atomic E-state index is 0.373. The first kappa shape index (κ1) is 10.6. The van der Waals surface area contributed by atoms with Crippen molar-refractivity contribution >= 4 is 0 Å². The highest BCUT2D eigenvalue weighted by molar-refractivity contribution is 4.99. The van der Waals surface area contributed by atoms with Crippen LogP contribution in [-0.2, 0) is 6.54 Å². The highest BCUT2D eigenvalue weighted by Gasteiger charge is 2.15. The van der Waals surface area contributed by atoms with Gasteiger partial charge in [-0.3, -0.25) is 9.58 Å². The van der Waals surface area contributed by atoms with Crippen LogP contribution in [0.4, 0.5) is 0 Å². The number of piperidine rings is 1. The van der Waals surface area contributed by atoms with Crippen molar-refractivity contribution in [1.29, 1.82) is 0 Å². The molecule has 15 heavy (non-hydrogen) atoms. The Morgan fingerprint density at radius 3 is 3.07 bits per heavy atom. The summed E-state index contributed by atoms with van der Waals surface area (Å²) >= 11 is 0. The van der Waals surface area contributed by atoms with E-state index >= 15 is 0 Å². The molecule has 84 valence electrons. The lowest BCUT2D eigenvalue weighted by atomic mass is 10.1. The fraction of sp³-hybridized carbons (Fsp3) is 0.727. The molecule has 0 saturated carbocycles. The summed E-state index contributed by atoms with van der Waals surface area (Å²) in [6.07, 6.45) is 6.41. The van der Waals surface area contributed by atoms with Crippen LogP contribution in [0.25, 0.3) is 0 Å². The van der Waals surface area contributed by atoms with Gasteiger partial charge in [-0.25, -0.2) is 0 Å². The van der Waals surface area contributed by atoms with Crippen molar-refractivity contribution in [3.63, 3.8) is 0 Å². The van der Waals surface area contributed by atoms with E-state index in [1.807, 2.05) is 10.9 Å². The molecule has 1 aromatic rings. The first-order chi connectivity index (χ1) is 7.24. The summed E-state index contributed by atoms with van der Waals surface area (Å²) in [5.41, 5.74) is 7.16. The molecule has 1 aliphatic rings. The molecule has 2 heterocycles. The van der Waals surface area contributed by atoms with E-state index < -0.39 is 0 Å². The van der Waals surface area contributed by atoms with Gasteiger partial charge in [0.2, 0.25) is 0 Å². The van der Waals surface area contributed by atoms with E-state index in [9.17, 15) is 0 Å². The second kappa shape index (κ2) is 4.77. The van der Waals surface area contributed by atoms with Crippen molar-refractivity contribution in [2.24, 2.45) is 5.73 Å². The summed E-state index contributed by atoms with van der Waals surface area (Å²) in [4.78, 5) is 2.44. The summed E-state index contributed by atoms with van der Waals surface area (Å²) in [7, 11) is 0. The molecule has 4 nitrogen and oxygen atoms in total. The fourth-order valence-corrected chi connectivity index (χ4v) is 2.13. The summed E-state index contributed by atoms with van der Waals surface area (Å²) in [6.45, 7) is 6.34. The van der Waals surface area contributed by atoms with Crippen LogP contribution in [0.15, 0.2) is 12.4 Å². The minimum Gasteiger partial charge on any atom is -0.327 e. The average Bonchev–Trinajstić information content (AvgIpc) is 2.62. The number of aromatic nitrogens is 2. The van der Waals surface area contributed by atoms with Gasteiger partial charge in [0.25, 0.3) is 0 Å². The van der Waals surface area contributed by atoms with Gasteiger partial charge < -0.3 is 5.73 Å². The molecule has 1 fully saturated rings. The molecule has 0 radical (unpaired) electrons. The largest absolute Gasteiger partial charge is 0.327 e. The van der Waals surface area contributed by atoms with Gasteiger partial charge in [-0.05, 0) is 31.9 Å². The molecule has 1 aliphatic heterocycles. The number of hydrogen-bond acceptors (Lipinski definition) is 3. The Morgan fingerprint density at radius 1 is 1.53 bits per heavy atom. The predicted octanol–water partition coefficient (Wildman–Crippen LogP) is 0.615. The van der Waals surface area contributed by atoms with Crippen molar-refractivity contribution in [3.8, 4) is 0 Å². The van der Waals surface area contributed by atoms with E-state index in [0.29, 0.717) is 6.04 Å². The molecule has 1 saturated heterocycles. The maximum Gasteiger partial charge on any atom is 0.0536 e. The zero-order valence-corrected chi connectivity index (χ0v) is 9.39. The monoisotopic (exact) mass is 208 g/mol. The summed E-state index contributed by atoms with van der Waals surface area (Å²) in [5.74, 6) is 0. The third-order valence-electron chi connectivity index (χ3n) is 2.95. The molecule has 1 atom stereocenters. The molecule has 1 aromatic heterocycles. The van der Waals surface area contributed by atoms with Crippen molar-refractivity contribution in [2.45, 2.75) is 32.4 Å². The normalized spacial score (nSPS) is 23.2. The Morgan fingerprint density at radius 2 is 2.40 bits per heavy atom. The van der Waals surface area contributed by atoms with Gasteiger partial charge in [0.1, 0.15) is 0 Å². The molecule has 0 aliphatic carbocycles. The van der Waals surface area contributed by atoms with E-state index in [1.54, 1.807) is 0 Å². The number of nitrogens with zero attached hydrogens (tertiary/aromatic N) is 3. The van der Waals surface area contributed by atoms with Crippen LogP contribution in [0, 0.1) is 6.92 Å². The fourth-order valence-electron chi connectivity index (χ4n) is 2.13. The maximum atomic E-state index is 5.93. The van der Waals surface area contributed by atoms with Gasteiger partial charge in [-0.2, -0.15) is 5.10 Å². The van der Waals surface area contributed by atoms with Gasteiger partial charge in [0, 0.05) is 25.3 Å². The minimum absolute atomic E-state index is 0.373. The molecule has 2 rings (SSSR count). The van der Waals surface area contributed by atoms with E-state index in [2.05, 4.69) is 23.1 Å².